The molecular formula is C12H9BrF2N2. The van der Waals surface area contributed by atoms with E-state index >= 15 is 0 Å². The molecule has 0 bridgehead atoms. The van der Waals surface area contributed by atoms with Gasteiger partial charge in [-0.2, -0.15) is 0 Å². The quantitative estimate of drug-likeness (QED) is 0.648. The zero-order valence-electron chi connectivity index (χ0n) is 8.68. The third-order valence-electron chi connectivity index (χ3n) is 2.20. The zero-order valence-corrected chi connectivity index (χ0v) is 10.3. The fourth-order valence-corrected chi connectivity index (χ4v) is 1.66. The maximum atomic E-state index is 13.5. The normalized spacial score (nSPS) is 10.3. The van der Waals surface area contributed by atoms with Crippen LogP contribution in [0.4, 0.5) is 25.8 Å². The average molecular weight is 299 g/mol. The van der Waals surface area contributed by atoms with Gasteiger partial charge in [0.15, 0.2) is 0 Å². The van der Waals surface area contributed by atoms with Gasteiger partial charge in [-0.1, -0.05) is 0 Å². The van der Waals surface area contributed by atoms with Crippen LogP contribution in [0.15, 0.2) is 40.9 Å². The van der Waals surface area contributed by atoms with Crippen LogP contribution in [0.2, 0.25) is 0 Å². The molecule has 0 aromatic heterocycles. The monoisotopic (exact) mass is 298 g/mol. The molecule has 2 nitrogen and oxygen atoms in total. The van der Waals surface area contributed by atoms with Crippen molar-refractivity contribution in [1.29, 1.82) is 0 Å². The Morgan fingerprint density at radius 1 is 1.00 bits per heavy atom. The van der Waals surface area contributed by atoms with E-state index in [0.717, 1.165) is 12.1 Å². The Bertz CT molecular complexity index is 541. The number of nitrogens with two attached hydrogens (primary N) is 1. The van der Waals surface area contributed by atoms with Crippen molar-refractivity contribution in [1.82, 2.24) is 0 Å². The van der Waals surface area contributed by atoms with E-state index in [1.54, 1.807) is 24.3 Å². The average Bonchev–Trinajstić information content (AvgIpc) is 2.29. The summed E-state index contributed by atoms with van der Waals surface area (Å²) in [5, 5.41) is 2.78. The van der Waals surface area contributed by atoms with Crippen LogP contribution in [0.1, 0.15) is 0 Å². The van der Waals surface area contributed by atoms with Crippen molar-refractivity contribution in [2.75, 3.05) is 11.1 Å². The number of benzene rings is 2. The van der Waals surface area contributed by atoms with Crippen LogP contribution in [-0.2, 0) is 0 Å². The van der Waals surface area contributed by atoms with Crippen LogP contribution < -0.4 is 11.1 Å². The van der Waals surface area contributed by atoms with Gasteiger partial charge in [0.2, 0.25) is 0 Å². The molecule has 2 rings (SSSR count). The molecule has 0 saturated heterocycles. The van der Waals surface area contributed by atoms with Gasteiger partial charge in [0.1, 0.15) is 11.6 Å². The fraction of sp³-hybridized carbons (Fsp3) is 0. The van der Waals surface area contributed by atoms with E-state index in [1.807, 2.05) is 0 Å². The Morgan fingerprint density at radius 2 is 1.65 bits per heavy atom. The van der Waals surface area contributed by atoms with Crippen molar-refractivity contribution >= 4 is 33.0 Å². The van der Waals surface area contributed by atoms with Crippen molar-refractivity contribution in [2.24, 2.45) is 0 Å². The third kappa shape index (κ3) is 2.74. The van der Waals surface area contributed by atoms with E-state index in [0.29, 0.717) is 11.4 Å². The highest BCUT2D eigenvalue weighted by Gasteiger charge is 2.08. The lowest BCUT2D eigenvalue weighted by atomic mass is 10.2. The van der Waals surface area contributed by atoms with Crippen LogP contribution in [0, 0.1) is 11.6 Å². The standard InChI is InChI=1S/C12H9BrF2N2/c13-9-5-11(15)12(6-10(9)14)17-8-3-1-7(16)2-4-8/h1-6,17H,16H2. The van der Waals surface area contributed by atoms with Crippen molar-refractivity contribution in [3.63, 3.8) is 0 Å². The highest BCUT2D eigenvalue weighted by atomic mass is 79.9. The maximum absolute atomic E-state index is 13.5. The number of hydrogen-bond acceptors (Lipinski definition) is 2. The van der Waals surface area contributed by atoms with E-state index in [1.165, 1.54) is 0 Å². The second-order valence-corrected chi connectivity index (χ2v) is 4.35. The minimum atomic E-state index is -0.532. The zero-order chi connectivity index (χ0) is 12.4. The van der Waals surface area contributed by atoms with Gasteiger partial charge in [-0.15, -0.1) is 0 Å². The second kappa shape index (κ2) is 4.71. The molecule has 0 amide bonds. The van der Waals surface area contributed by atoms with E-state index < -0.39 is 11.6 Å². The minimum Gasteiger partial charge on any atom is -0.399 e. The van der Waals surface area contributed by atoms with Gasteiger partial charge in [-0.05, 0) is 46.3 Å². The molecule has 0 radical (unpaired) electrons. The topological polar surface area (TPSA) is 38.0 Å². The lowest BCUT2D eigenvalue weighted by Crippen LogP contribution is -1.96. The Balaban J connectivity index is 2.30. The molecule has 0 aliphatic rings. The minimum absolute atomic E-state index is 0.0791. The Morgan fingerprint density at radius 3 is 2.29 bits per heavy atom. The van der Waals surface area contributed by atoms with Crippen molar-refractivity contribution < 1.29 is 8.78 Å². The molecule has 0 aliphatic heterocycles. The van der Waals surface area contributed by atoms with E-state index in [4.69, 9.17) is 5.73 Å². The molecule has 88 valence electrons. The van der Waals surface area contributed by atoms with Gasteiger partial charge < -0.3 is 11.1 Å². The summed E-state index contributed by atoms with van der Waals surface area (Å²) < 4.78 is 26.9. The maximum Gasteiger partial charge on any atom is 0.147 e. The van der Waals surface area contributed by atoms with Gasteiger partial charge in [-0.25, -0.2) is 8.78 Å². The van der Waals surface area contributed by atoms with Crippen LogP contribution in [0.25, 0.3) is 0 Å². The first-order valence-corrected chi connectivity index (χ1v) is 5.62. The molecule has 0 unspecified atom stereocenters. The third-order valence-corrected chi connectivity index (χ3v) is 2.81. The van der Waals surface area contributed by atoms with Crippen LogP contribution in [0.3, 0.4) is 0 Å². The molecule has 0 fully saturated rings. The fourth-order valence-electron chi connectivity index (χ4n) is 1.34. The summed E-state index contributed by atoms with van der Waals surface area (Å²) in [6.45, 7) is 0. The Hall–Kier alpha value is -1.62. The molecule has 2 aromatic rings. The smallest absolute Gasteiger partial charge is 0.147 e. The van der Waals surface area contributed by atoms with Gasteiger partial charge >= 0.3 is 0 Å². The first-order chi connectivity index (χ1) is 8.06. The lowest BCUT2D eigenvalue weighted by Gasteiger charge is -2.08. The second-order valence-electron chi connectivity index (χ2n) is 3.49. The predicted molar refractivity (Wildman–Crippen MR) is 68.2 cm³/mol. The van der Waals surface area contributed by atoms with Gasteiger partial charge in [0.05, 0.1) is 10.2 Å². The van der Waals surface area contributed by atoms with Crippen molar-refractivity contribution in [3.8, 4) is 0 Å². The molecule has 0 atom stereocenters. The van der Waals surface area contributed by atoms with Crippen LogP contribution in [0.5, 0.6) is 0 Å². The van der Waals surface area contributed by atoms with Crippen molar-refractivity contribution in [3.05, 3.63) is 52.5 Å². The van der Waals surface area contributed by atoms with Crippen molar-refractivity contribution in [2.45, 2.75) is 0 Å². The summed E-state index contributed by atoms with van der Waals surface area (Å²) in [5.74, 6) is -1.06. The predicted octanol–water partition coefficient (Wildman–Crippen LogP) is 4.05. The highest BCUT2D eigenvalue weighted by Crippen LogP contribution is 2.26. The number of hydrogen-bond donors (Lipinski definition) is 2. The van der Waals surface area contributed by atoms with E-state index in [-0.39, 0.29) is 10.2 Å². The Kier molecular flexibility index (Phi) is 3.28. The van der Waals surface area contributed by atoms with Crippen LogP contribution in [-0.4, -0.2) is 0 Å². The van der Waals surface area contributed by atoms with E-state index in [2.05, 4.69) is 21.2 Å². The first-order valence-electron chi connectivity index (χ1n) is 4.83. The summed E-state index contributed by atoms with van der Waals surface area (Å²) in [4.78, 5) is 0. The SMILES string of the molecule is Nc1ccc(Nc2cc(F)c(Br)cc2F)cc1. The number of nitrogen functional groups attached to an aromatic ring is 1. The molecule has 0 spiro atoms. The highest BCUT2D eigenvalue weighted by molar-refractivity contribution is 9.10. The number of halogens is 3. The molecule has 5 heteroatoms. The number of nitrogens with one attached hydrogen (secondary N) is 1. The largest absolute Gasteiger partial charge is 0.399 e. The summed E-state index contributed by atoms with van der Waals surface area (Å²) in [6, 6.07) is 8.90. The molecule has 0 aliphatic carbocycles. The summed E-state index contributed by atoms with van der Waals surface area (Å²) in [6.07, 6.45) is 0. The summed E-state index contributed by atoms with van der Waals surface area (Å²) in [7, 11) is 0. The van der Waals surface area contributed by atoms with Gasteiger partial charge in [-0.3, -0.25) is 0 Å². The molecule has 17 heavy (non-hydrogen) atoms. The number of anilines is 3. The summed E-state index contributed by atoms with van der Waals surface area (Å²) in [5.41, 5.74) is 6.85. The Labute approximate surface area is 106 Å². The molecule has 0 heterocycles. The molecular weight excluding hydrogens is 290 g/mol. The molecule has 0 saturated carbocycles. The van der Waals surface area contributed by atoms with E-state index in [9.17, 15) is 8.78 Å². The van der Waals surface area contributed by atoms with Crippen LogP contribution >= 0.6 is 15.9 Å². The summed E-state index contributed by atoms with van der Waals surface area (Å²) >= 11 is 2.92. The lowest BCUT2D eigenvalue weighted by molar-refractivity contribution is 0.598. The molecule has 2 aromatic carbocycles. The van der Waals surface area contributed by atoms with Gasteiger partial charge in [0.25, 0.3) is 0 Å². The number of rotatable bonds is 2. The van der Waals surface area contributed by atoms with Gasteiger partial charge in [0, 0.05) is 17.4 Å². The first kappa shape index (κ1) is 11.9. The molecule has 3 N–H and O–H groups in total.